The summed E-state index contributed by atoms with van der Waals surface area (Å²) in [7, 11) is -3.62. The van der Waals surface area contributed by atoms with E-state index in [4.69, 9.17) is 9.47 Å². The molecule has 0 aliphatic heterocycles. The average Bonchev–Trinajstić information content (AvgIpc) is 2.96. The van der Waals surface area contributed by atoms with E-state index in [2.05, 4.69) is 16.6 Å². The summed E-state index contributed by atoms with van der Waals surface area (Å²) in [4.78, 5) is 5.89. The molecule has 0 saturated heterocycles. The van der Waals surface area contributed by atoms with E-state index in [1.807, 2.05) is 20.8 Å². The monoisotopic (exact) mass is 398 g/mol. The Labute approximate surface area is 159 Å². The van der Waals surface area contributed by atoms with Crippen molar-refractivity contribution in [1.29, 1.82) is 0 Å². The number of hydrogen-bond acceptors (Lipinski definition) is 6. The normalized spacial score (nSPS) is 11.5. The van der Waals surface area contributed by atoms with Gasteiger partial charge in [0.25, 0.3) is 0 Å². The van der Waals surface area contributed by atoms with E-state index in [-0.39, 0.29) is 4.90 Å². The van der Waals surface area contributed by atoms with Crippen molar-refractivity contribution in [2.24, 2.45) is 0 Å². The number of sulfonamides is 1. The molecule has 0 atom stereocenters. The van der Waals surface area contributed by atoms with Gasteiger partial charge in [0.05, 0.1) is 28.8 Å². The molecule has 6 nitrogen and oxygen atoms in total. The molecule has 144 valence electrons. The van der Waals surface area contributed by atoms with Gasteiger partial charge in [0, 0.05) is 23.9 Å². The third-order valence-corrected chi connectivity index (χ3v) is 6.26. The van der Waals surface area contributed by atoms with Gasteiger partial charge in [-0.15, -0.1) is 11.3 Å². The van der Waals surface area contributed by atoms with Crippen LogP contribution in [0.15, 0.2) is 23.1 Å². The van der Waals surface area contributed by atoms with Gasteiger partial charge in [-0.2, -0.15) is 0 Å². The van der Waals surface area contributed by atoms with Crippen LogP contribution < -0.4 is 14.2 Å². The predicted molar refractivity (Wildman–Crippen MR) is 104 cm³/mol. The van der Waals surface area contributed by atoms with Crippen molar-refractivity contribution in [2.45, 2.75) is 45.4 Å². The fraction of sp³-hybridized carbons (Fsp3) is 0.500. The first-order valence-corrected chi connectivity index (χ1v) is 11.1. The highest BCUT2D eigenvalue weighted by Crippen LogP contribution is 2.30. The lowest BCUT2D eigenvalue weighted by molar-refractivity contribution is 0.287. The number of hydrogen-bond donors (Lipinski definition) is 1. The van der Waals surface area contributed by atoms with Crippen molar-refractivity contribution in [2.75, 3.05) is 19.8 Å². The van der Waals surface area contributed by atoms with Crippen LogP contribution in [0.2, 0.25) is 0 Å². The zero-order valence-electron chi connectivity index (χ0n) is 15.7. The van der Waals surface area contributed by atoms with Crippen LogP contribution >= 0.6 is 11.3 Å². The number of rotatable bonds is 10. The van der Waals surface area contributed by atoms with Crippen LogP contribution in [0.25, 0.3) is 0 Å². The molecule has 0 aliphatic carbocycles. The van der Waals surface area contributed by atoms with Crippen molar-refractivity contribution >= 4 is 21.4 Å². The van der Waals surface area contributed by atoms with E-state index < -0.39 is 10.0 Å². The predicted octanol–water partition coefficient (Wildman–Crippen LogP) is 3.33. The Morgan fingerprint density at radius 3 is 2.42 bits per heavy atom. The second-order valence-corrected chi connectivity index (χ2v) is 8.64. The molecule has 2 aromatic rings. The molecule has 1 heterocycles. The lowest BCUT2D eigenvalue weighted by Gasteiger charge is -2.13. The Hall–Kier alpha value is -1.64. The minimum atomic E-state index is -3.62. The molecule has 0 radical (unpaired) electrons. The van der Waals surface area contributed by atoms with Gasteiger partial charge in [-0.25, -0.2) is 18.1 Å². The maximum Gasteiger partial charge on any atom is 0.240 e. The minimum Gasteiger partial charge on any atom is -0.490 e. The number of benzene rings is 1. The second kappa shape index (κ2) is 9.34. The summed E-state index contributed by atoms with van der Waals surface area (Å²) in [5.41, 5.74) is 1.08. The largest absolute Gasteiger partial charge is 0.490 e. The number of ether oxygens (including phenoxy) is 2. The van der Waals surface area contributed by atoms with Crippen LogP contribution in [0.3, 0.4) is 0 Å². The van der Waals surface area contributed by atoms with Gasteiger partial charge in [0.1, 0.15) is 0 Å². The summed E-state index contributed by atoms with van der Waals surface area (Å²) in [5.74, 6) is 0.971. The van der Waals surface area contributed by atoms with Gasteiger partial charge in [0.15, 0.2) is 11.5 Å². The van der Waals surface area contributed by atoms with Gasteiger partial charge >= 0.3 is 0 Å². The van der Waals surface area contributed by atoms with Crippen molar-refractivity contribution in [1.82, 2.24) is 9.71 Å². The molecule has 26 heavy (non-hydrogen) atoms. The zero-order valence-corrected chi connectivity index (χ0v) is 17.3. The second-order valence-electron chi connectivity index (χ2n) is 5.59. The van der Waals surface area contributed by atoms with Gasteiger partial charge in [0.2, 0.25) is 10.0 Å². The Kier molecular flexibility index (Phi) is 7.43. The lowest BCUT2D eigenvalue weighted by atomic mass is 10.3. The Morgan fingerprint density at radius 2 is 1.81 bits per heavy atom. The Balaban J connectivity index is 2.07. The van der Waals surface area contributed by atoms with E-state index in [0.717, 1.165) is 17.1 Å². The standard InChI is InChI=1S/C18H26N2O4S2/c1-5-15-13(4)25-18(20-15)10-11-19-26(21,22)14-8-9-16(23-6-2)17(12-14)24-7-3/h8-9,12,19H,5-7,10-11H2,1-4H3. The molecule has 0 fully saturated rings. The molecule has 0 aliphatic rings. The maximum atomic E-state index is 12.6. The van der Waals surface area contributed by atoms with Crippen LogP contribution in [-0.4, -0.2) is 33.2 Å². The minimum absolute atomic E-state index is 0.161. The van der Waals surface area contributed by atoms with E-state index in [1.54, 1.807) is 17.4 Å². The number of aryl methyl sites for hydroxylation is 2. The van der Waals surface area contributed by atoms with Crippen molar-refractivity contribution in [3.63, 3.8) is 0 Å². The molecule has 0 saturated carbocycles. The highest BCUT2D eigenvalue weighted by atomic mass is 32.2. The fourth-order valence-corrected chi connectivity index (χ4v) is 4.56. The topological polar surface area (TPSA) is 77.5 Å². The molecular formula is C18H26N2O4S2. The number of thiazole rings is 1. The van der Waals surface area contributed by atoms with Gasteiger partial charge in [-0.1, -0.05) is 6.92 Å². The molecule has 0 unspecified atom stereocenters. The van der Waals surface area contributed by atoms with Crippen LogP contribution in [0.5, 0.6) is 11.5 Å². The highest BCUT2D eigenvalue weighted by Gasteiger charge is 2.17. The summed E-state index contributed by atoms with van der Waals surface area (Å²) in [6.07, 6.45) is 1.46. The van der Waals surface area contributed by atoms with E-state index in [9.17, 15) is 8.42 Å². The molecule has 1 aromatic heterocycles. The highest BCUT2D eigenvalue weighted by molar-refractivity contribution is 7.89. The molecule has 0 spiro atoms. The van der Waals surface area contributed by atoms with Gasteiger partial charge in [-0.05, 0) is 39.3 Å². The van der Waals surface area contributed by atoms with Gasteiger partial charge < -0.3 is 9.47 Å². The van der Waals surface area contributed by atoms with Crippen molar-refractivity contribution < 1.29 is 17.9 Å². The van der Waals surface area contributed by atoms with Crippen molar-refractivity contribution in [3.05, 3.63) is 33.8 Å². The summed E-state index contributed by atoms with van der Waals surface area (Å²) in [5, 5.41) is 0.948. The number of nitrogens with one attached hydrogen (secondary N) is 1. The third kappa shape index (κ3) is 5.18. The van der Waals surface area contributed by atoms with Crippen LogP contribution in [0, 0.1) is 6.92 Å². The molecule has 2 rings (SSSR count). The van der Waals surface area contributed by atoms with Crippen LogP contribution in [-0.2, 0) is 22.9 Å². The van der Waals surface area contributed by atoms with Crippen molar-refractivity contribution in [3.8, 4) is 11.5 Å². The zero-order chi connectivity index (χ0) is 19.2. The maximum absolute atomic E-state index is 12.6. The first-order chi connectivity index (χ1) is 12.4. The number of nitrogens with zero attached hydrogens (tertiary/aromatic N) is 1. The fourth-order valence-electron chi connectivity index (χ4n) is 2.50. The Bertz CT molecular complexity index is 832. The molecule has 8 heteroatoms. The quantitative estimate of drug-likeness (QED) is 0.664. The van der Waals surface area contributed by atoms with Gasteiger partial charge in [-0.3, -0.25) is 0 Å². The smallest absolute Gasteiger partial charge is 0.240 e. The lowest BCUT2D eigenvalue weighted by Crippen LogP contribution is -2.26. The number of aromatic nitrogens is 1. The molecule has 0 bridgehead atoms. The van der Waals surface area contributed by atoms with E-state index in [0.29, 0.717) is 37.7 Å². The van der Waals surface area contributed by atoms with Crippen LogP contribution in [0.1, 0.15) is 36.3 Å². The average molecular weight is 399 g/mol. The Morgan fingerprint density at radius 1 is 1.12 bits per heavy atom. The summed E-state index contributed by atoms with van der Waals surface area (Å²) in [6.45, 7) is 9.03. The molecule has 1 aromatic carbocycles. The van der Waals surface area contributed by atoms with E-state index in [1.165, 1.54) is 17.0 Å². The first-order valence-electron chi connectivity index (χ1n) is 8.75. The summed E-state index contributed by atoms with van der Waals surface area (Å²) < 4.78 is 38.7. The SMILES string of the molecule is CCOc1ccc(S(=O)(=O)NCCc2nc(CC)c(C)s2)cc1OCC. The van der Waals surface area contributed by atoms with E-state index >= 15 is 0 Å². The molecule has 0 amide bonds. The third-order valence-electron chi connectivity index (χ3n) is 3.73. The molecule has 1 N–H and O–H groups in total. The first kappa shape index (κ1) is 20.7. The summed E-state index contributed by atoms with van der Waals surface area (Å²) >= 11 is 1.62. The summed E-state index contributed by atoms with van der Waals surface area (Å²) in [6, 6.07) is 4.65. The molecular weight excluding hydrogens is 372 g/mol. The van der Waals surface area contributed by atoms with Crippen LogP contribution in [0.4, 0.5) is 0 Å².